The first-order valence-corrected chi connectivity index (χ1v) is 13.9. The molecule has 1 heterocycles. The van der Waals surface area contributed by atoms with Gasteiger partial charge in [-0.1, -0.05) is 24.6 Å². The van der Waals surface area contributed by atoms with Crippen LogP contribution in [0.15, 0.2) is 35.4 Å². The van der Waals surface area contributed by atoms with Gasteiger partial charge in [0.25, 0.3) is 0 Å². The Hall–Kier alpha value is -1.73. The Balaban J connectivity index is 1.36. The Kier molecular flexibility index (Phi) is 6.11. The van der Waals surface area contributed by atoms with Crippen LogP contribution in [-0.4, -0.2) is 67.6 Å². The minimum absolute atomic E-state index is 0.149. The van der Waals surface area contributed by atoms with E-state index in [0.717, 1.165) is 50.8 Å². The second-order valence-corrected chi connectivity index (χ2v) is 12.4. The molecule has 1 N–H and O–H groups in total. The fraction of sp³-hybridized carbons (Fsp3) is 0.700. The summed E-state index contributed by atoms with van der Waals surface area (Å²) in [7, 11) is 4.09. The van der Waals surface area contributed by atoms with Gasteiger partial charge in [0, 0.05) is 37.1 Å². The van der Waals surface area contributed by atoms with Gasteiger partial charge in [-0.25, -0.2) is 0 Å². The minimum atomic E-state index is -0.877. The van der Waals surface area contributed by atoms with Gasteiger partial charge < -0.3 is 24.2 Å². The maximum Gasteiger partial charge on any atom is 0.171 e. The predicted molar refractivity (Wildman–Crippen MR) is 137 cm³/mol. The maximum atomic E-state index is 13.2. The fourth-order valence-electron chi connectivity index (χ4n) is 8.23. The molecule has 6 rings (SSSR count). The van der Waals surface area contributed by atoms with Crippen molar-refractivity contribution in [3.63, 3.8) is 0 Å². The van der Waals surface area contributed by atoms with E-state index in [2.05, 4.69) is 36.1 Å². The molecule has 1 spiro atoms. The van der Waals surface area contributed by atoms with Crippen molar-refractivity contribution in [2.75, 3.05) is 40.5 Å². The number of rotatable bonds is 5. The molecule has 4 aliphatic carbocycles. The Morgan fingerprint density at radius 1 is 1.08 bits per heavy atom. The normalized spacial score (nSPS) is 37.2. The van der Waals surface area contributed by atoms with Crippen molar-refractivity contribution in [3.8, 4) is 5.75 Å². The van der Waals surface area contributed by atoms with Crippen molar-refractivity contribution in [2.24, 2.45) is 17.3 Å². The quantitative estimate of drug-likeness (QED) is 0.608. The fourth-order valence-corrected chi connectivity index (χ4v) is 8.23. The van der Waals surface area contributed by atoms with Crippen molar-refractivity contribution < 1.29 is 24.1 Å². The first-order valence-electron chi connectivity index (χ1n) is 13.9. The monoisotopic (exact) mass is 495 g/mol. The lowest BCUT2D eigenvalue weighted by Gasteiger charge is -2.55. The Morgan fingerprint density at radius 3 is 2.56 bits per heavy atom. The zero-order chi connectivity index (χ0) is 25.1. The minimum Gasteiger partial charge on any atom is -0.492 e. The number of nitrogens with zero attached hydrogens (tertiary/aromatic N) is 1. The highest BCUT2D eigenvalue weighted by Crippen LogP contribution is 2.64. The van der Waals surface area contributed by atoms with Crippen LogP contribution in [0.5, 0.6) is 5.75 Å². The van der Waals surface area contributed by atoms with E-state index in [4.69, 9.17) is 14.2 Å². The molecule has 1 saturated heterocycles. The molecular formula is C30H41NO5. The van der Waals surface area contributed by atoms with Crippen LogP contribution in [0, 0.1) is 17.3 Å². The second kappa shape index (κ2) is 8.93. The van der Waals surface area contributed by atoms with Gasteiger partial charge >= 0.3 is 0 Å². The number of ketones is 1. The van der Waals surface area contributed by atoms with Gasteiger partial charge in [-0.05, 0) is 81.3 Å². The van der Waals surface area contributed by atoms with Gasteiger partial charge in [0.1, 0.15) is 18.1 Å². The van der Waals surface area contributed by atoms with Crippen LogP contribution >= 0.6 is 0 Å². The van der Waals surface area contributed by atoms with Crippen molar-refractivity contribution in [1.82, 2.24) is 4.90 Å². The van der Waals surface area contributed by atoms with Crippen LogP contribution in [0.4, 0.5) is 0 Å². The molecule has 6 nitrogen and oxygen atoms in total. The molecular weight excluding hydrogens is 454 g/mol. The summed E-state index contributed by atoms with van der Waals surface area (Å²) in [6, 6.07) is 8.51. The van der Waals surface area contributed by atoms with Crippen LogP contribution in [0.3, 0.4) is 0 Å². The number of ether oxygens (including phenoxy) is 3. The number of carbonyl (C=O) groups is 1. The molecule has 4 fully saturated rings. The van der Waals surface area contributed by atoms with E-state index in [0.29, 0.717) is 50.3 Å². The zero-order valence-corrected chi connectivity index (χ0v) is 22.1. The van der Waals surface area contributed by atoms with Crippen LogP contribution in [-0.2, 0) is 14.3 Å². The molecule has 1 aliphatic heterocycles. The number of hydrogen-bond acceptors (Lipinski definition) is 6. The van der Waals surface area contributed by atoms with Gasteiger partial charge in [0.15, 0.2) is 5.79 Å². The number of fused-ring (bicyclic) bond motifs is 4. The second-order valence-electron chi connectivity index (χ2n) is 12.4. The highest BCUT2D eigenvalue weighted by atomic mass is 16.7. The predicted octanol–water partition coefficient (Wildman–Crippen LogP) is 4.46. The maximum absolute atomic E-state index is 13.2. The summed E-state index contributed by atoms with van der Waals surface area (Å²) >= 11 is 0. The molecule has 0 aromatic heterocycles. The van der Waals surface area contributed by atoms with Gasteiger partial charge in [-0.2, -0.15) is 0 Å². The van der Waals surface area contributed by atoms with E-state index < -0.39 is 11.4 Å². The third kappa shape index (κ3) is 3.96. The third-order valence-electron chi connectivity index (χ3n) is 10.0. The summed E-state index contributed by atoms with van der Waals surface area (Å²) < 4.78 is 18.0. The molecule has 0 unspecified atom stereocenters. The molecule has 0 bridgehead atoms. The number of aliphatic hydroxyl groups is 1. The molecule has 36 heavy (non-hydrogen) atoms. The molecule has 3 saturated carbocycles. The Bertz CT molecular complexity index is 1040. The van der Waals surface area contributed by atoms with Crippen LogP contribution in [0.1, 0.15) is 69.8 Å². The van der Waals surface area contributed by atoms with Gasteiger partial charge in [0.05, 0.1) is 18.8 Å². The lowest BCUT2D eigenvalue weighted by atomic mass is 9.51. The average molecular weight is 496 g/mol. The van der Waals surface area contributed by atoms with Gasteiger partial charge in [-0.3, -0.25) is 4.79 Å². The molecule has 0 radical (unpaired) electrons. The number of Topliss-reactive ketones (excluding diaryl/α,β-unsaturated/α-hetero) is 1. The summed E-state index contributed by atoms with van der Waals surface area (Å²) in [6.45, 7) is 4.96. The topological polar surface area (TPSA) is 68.2 Å². The molecule has 5 atom stereocenters. The van der Waals surface area contributed by atoms with Crippen molar-refractivity contribution in [3.05, 3.63) is 41.0 Å². The summed E-state index contributed by atoms with van der Waals surface area (Å²) in [5.41, 5.74) is 2.73. The van der Waals surface area contributed by atoms with Crippen LogP contribution in [0.25, 0.3) is 0 Å². The van der Waals surface area contributed by atoms with E-state index in [1.54, 1.807) is 0 Å². The first kappa shape index (κ1) is 24.6. The van der Waals surface area contributed by atoms with E-state index >= 15 is 0 Å². The highest BCUT2D eigenvalue weighted by Gasteiger charge is 2.60. The first-order chi connectivity index (χ1) is 17.2. The number of benzene rings is 1. The van der Waals surface area contributed by atoms with Crippen LogP contribution in [0.2, 0.25) is 0 Å². The van der Waals surface area contributed by atoms with Crippen molar-refractivity contribution in [2.45, 2.75) is 75.6 Å². The van der Waals surface area contributed by atoms with Gasteiger partial charge in [0.2, 0.25) is 0 Å². The average Bonchev–Trinajstić information content (AvgIpc) is 3.41. The molecule has 6 heteroatoms. The van der Waals surface area contributed by atoms with Gasteiger partial charge in [-0.15, -0.1) is 0 Å². The third-order valence-corrected chi connectivity index (χ3v) is 10.0. The molecule has 1 aromatic carbocycles. The number of hydrogen-bond donors (Lipinski definition) is 1. The van der Waals surface area contributed by atoms with E-state index in [1.807, 2.05) is 14.1 Å². The summed E-state index contributed by atoms with van der Waals surface area (Å²) in [6.07, 6.45) is 6.31. The van der Waals surface area contributed by atoms with Crippen LogP contribution < -0.4 is 4.74 Å². The van der Waals surface area contributed by atoms with Crippen molar-refractivity contribution >= 4 is 5.78 Å². The van der Waals surface area contributed by atoms with Crippen molar-refractivity contribution in [1.29, 1.82) is 0 Å². The Labute approximate surface area is 215 Å². The van der Waals surface area contributed by atoms with E-state index in [9.17, 15) is 9.90 Å². The zero-order valence-electron chi connectivity index (χ0n) is 22.1. The highest BCUT2D eigenvalue weighted by molar-refractivity contribution is 5.87. The Morgan fingerprint density at radius 2 is 1.83 bits per heavy atom. The lowest BCUT2D eigenvalue weighted by molar-refractivity contribution is -0.208. The number of likely N-dealkylation sites (N-methyl/N-ethyl adjacent to an activating group) is 1. The number of allylic oxidation sites excluding steroid dienone is 1. The molecule has 1 aromatic rings. The smallest absolute Gasteiger partial charge is 0.171 e. The standard InChI is InChI=1S/C30H41NO5/c1-28-18-23(20-4-6-21(7-5-20)34-15-14-31(2)3)27-22(24(28)8-9-26(28)32)10-12-29(33)19-30(13-11-25(27)29)35-16-17-36-30/h4-7,22-24,33H,8-19H2,1-3H3/t22-,23-,24-,28-,29-/m0/s1. The molecule has 5 aliphatic rings. The molecule has 0 amide bonds. The SMILES string of the molecule is CN(C)CCOc1ccc([C@@H]2C[C@]3(C)C(=O)CC[C@H]3[C@@H]3CC[C@]4(O)CC5(CCC4=C23)OCCO5)cc1. The summed E-state index contributed by atoms with van der Waals surface area (Å²) in [5.74, 6) is 1.58. The number of carbonyl (C=O) groups excluding carboxylic acids is 1. The van der Waals surface area contributed by atoms with E-state index in [1.165, 1.54) is 16.7 Å². The summed E-state index contributed by atoms with van der Waals surface area (Å²) in [4.78, 5) is 15.3. The van der Waals surface area contributed by atoms with E-state index in [-0.39, 0.29) is 11.3 Å². The summed E-state index contributed by atoms with van der Waals surface area (Å²) in [5, 5.41) is 12.1. The largest absolute Gasteiger partial charge is 0.492 e. The molecule has 196 valence electrons. The lowest BCUT2D eigenvalue weighted by Crippen LogP contribution is -2.53.